The molecule has 1 aromatic carbocycles. The molecule has 1 aliphatic heterocycles. The lowest BCUT2D eigenvalue weighted by atomic mass is 10.3. The number of piperazine rings is 1. The molecule has 0 spiro atoms. The second-order valence-electron chi connectivity index (χ2n) is 6.72. The molecule has 3 amide bonds. The first-order valence-corrected chi connectivity index (χ1v) is 9.84. The smallest absolute Gasteiger partial charge is 0.312 e. The first-order valence-electron chi connectivity index (χ1n) is 9.02. The molecule has 1 N–H and O–H groups in total. The van der Waals surface area contributed by atoms with Crippen LogP contribution < -0.4 is 5.32 Å². The van der Waals surface area contributed by atoms with Gasteiger partial charge in [0.2, 0.25) is 5.91 Å². The number of thiazole rings is 1. The summed E-state index contributed by atoms with van der Waals surface area (Å²) in [5.41, 5.74) is 0.922. The Morgan fingerprint density at radius 1 is 1.07 bits per heavy atom. The van der Waals surface area contributed by atoms with Gasteiger partial charge in [-0.3, -0.25) is 14.4 Å². The van der Waals surface area contributed by atoms with Gasteiger partial charge < -0.3 is 15.1 Å². The largest absolute Gasteiger partial charge is 0.345 e. The zero-order valence-electron chi connectivity index (χ0n) is 14.8. The molecule has 0 unspecified atom stereocenters. The van der Waals surface area contributed by atoms with Gasteiger partial charge in [-0.2, -0.15) is 0 Å². The van der Waals surface area contributed by atoms with E-state index in [1.807, 2.05) is 24.3 Å². The molecule has 0 atom stereocenters. The molecule has 2 fully saturated rings. The van der Waals surface area contributed by atoms with Gasteiger partial charge in [0.05, 0.1) is 10.2 Å². The van der Waals surface area contributed by atoms with Crippen LogP contribution in [0.15, 0.2) is 30.3 Å². The number of hydrogen-bond donors (Lipinski definition) is 1. The molecule has 1 aromatic heterocycles. The zero-order valence-corrected chi connectivity index (χ0v) is 15.6. The number of nitrogens with zero attached hydrogens (tertiary/aromatic N) is 3. The van der Waals surface area contributed by atoms with Crippen LogP contribution in [0.25, 0.3) is 16.3 Å². The third kappa shape index (κ3) is 4.16. The fraction of sp³-hybridized carbons (Fsp3) is 0.368. The number of fused-ring (bicyclic) bond motifs is 1. The molecule has 2 aliphatic rings. The summed E-state index contributed by atoms with van der Waals surface area (Å²) in [5.74, 6) is -1.14. The van der Waals surface area contributed by atoms with E-state index in [1.165, 1.54) is 22.3 Å². The van der Waals surface area contributed by atoms with E-state index in [0.29, 0.717) is 26.2 Å². The summed E-state index contributed by atoms with van der Waals surface area (Å²) in [6.45, 7) is 1.59. The summed E-state index contributed by atoms with van der Waals surface area (Å²) in [4.78, 5) is 44.0. The average molecular weight is 384 g/mol. The second kappa shape index (κ2) is 7.48. The monoisotopic (exact) mass is 384 g/mol. The van der Waals surface area contributed by atoms with Crippen LogP contribution in [0.5, 0.6) is 0 Å². The maximum atomic E-state index is 12.4. The van der Waals surface area contributed by atoms with Crippen LogP contribution >= 0.6 is 11.3 Å². The van der Waals surface area contributed by atoms with Gasteiger partial charge in [-0.05, 0) is 31.1 Å². The lowest BCUT2D eigenvalue weighted by Crippen LogP contribution is -2.53. The standard InChI is InChI=1S/C19H20N4O3S/c24-17(8-7-16-21-14-3-1-2-4-15(14)27-16)22-9-11-23(12-10-22)19(26)18(25)20-13-5-6-13/h1-4,7-8,13H,5-6,9-12H2,(H,20,25)/b8-7+. The van der Waals surface area contributed by atoms with Crippen molar-refractivity contribution in [2.45, 2.75) is 18.9 Å². The first kappa shape index (κ1) is 17.7. The minimum Gasteiger partial charge on any atom is -0.345 e. The average Bonchev–Trinajstić information content (AvgIpc) is 3.41. The van der Waals surface area contributed by atoms with Gasteiger partial charge in [0.25, 0.3) is 0 Å². The number of amides is 3. The highest BCUT2D eigenvalue weighted by molar-refractivity contribution is 7.19. The molecule has 8 heteroatoms. The van der Waals surface area contributed by atoms with Crippen LogP contribution in [0.1, 0.15) is 17.8 Å². The van der Waals surface area contributed by atoms with E-state index in [9.17, 15) is 14.4 Å². The number of para-hydroxylation sites is 1. The number of carbonyl (C=O) groups is 3. The molecule has 140 valence electrons. The lowest BCUT2D eigenvalue weighted by Gasteiger charge is -2.33. The Hall–Kier alpha value is -2.74. The van der Waals surface area contributed by atoms with Crippen LogP contribution in [0.2, 0.25) is 0 Å². The molecule has 27 heavy (non-hydrogen) atoms. The number of rotatable bonds is 3. The first-order chi connectivity index (χ1) is 13.1. The second-order valence-corrected chi connectivity index (χ2v) is 7.78. The number of benzene rings is 1. The van der Waals surface area contributed by atoms with Crippen LogP contribution in [0, 0.1) is 0 Å². The highest BCUT2D eigenvalue weighted by Gasteiger charge is 2.31. The third-order valence-corrected chi connectivity index (χ3v) is 5.67. The predicted octanol–water partition coefficient (Wildman–Crippen LogP) is 1.26. The van der Waals surface area contributed by atoms with E-state index in [2.05, 4.69) is 10.3 Å². The van der Waals surface area contributed by atoms with E-state index in [4.69, 9.17) is 0 Å². The van der Waals surface area contributed by atoms with Crippen LogP contribution in [0.3, 0.4) is 0 Å². The Kier molecular flexibility index (Phi) is 4.89. The van der Waals surface area contributed by atoms with Crippen molar-refractivity contribution in [1.29, 1.82) is 0 Å². The molecule has 0 bridgehead atoms. The van der Waals surface area contributed by atoms with Gasteiger partial charge in [-0.25, -0.2) is 4.98 Å². The highest BCUT2D eigenvalue weighted by Crippen LogP contribution is 2.22. The Balaban J connectivity index is 1.30. The van der Waals surface area contributed by atoms with E-state index >= 15 is 0 Å². The molecule has 2 heterocycles. The lowest BCUT2D eigenvalue weighted by molar-refractivity contribution is -0.148. The van der Waals surface area contributed by atoms with E-state index in [1.54, 1.807) is 11.0 Å². The Labute approximate surface area is 160 Å². The minimum atomic E-state index is -0.534. The maximum Gasteiger partial charge on any atom is 0.312 e. The normalized spacial score (nSPS) is 17.5. The Bertz CT molecular complexity index is 878. The molecular formula is C19H20N4O3S. The topological polar surface area (TPSA) is 82.6 Å². The van der Waals surface area contributed by atoms with E-state index < -0.39 is 11.8 Å². The van der Waals surface area contributed by atoms with Crippen molar-refractivity contribution in [3.05, 3.63) is 35.3 Å². The van der Waals surface area contributed by atoms with Crippen molar-refractivity contribution >= 4 is 45.4 Å². The SMILES string of the molecule is O=C(NC1CC1)C(=O)N1CCN(C(=O)/C=C/c2nc3ccccc3s2)CC1. The fourth-order valence-corrected chi connectivity index (χ4v) is 3.83. The molecule has 1 saturated carbocycles. The summed E-state index contributed by atoms with van der Waals surface area (Å²) >= 11 is 1.54. The Morgan fingerprint density at radius 3 is 2.48 bits per heavy atom. The summed E-state index contributed by atoms with van der Waals surface area (Å²) in [6, 6.07) is 8.01. The number of aromatic nitrogens is 1. The summed E-state index contributed by atoms with van der Waals surface area (Å²) in [7, 11) is 0. The van der Waals surface area contributed by atoms with Crippen molar-refractivity contribution in [2.24, 2.45) is 0 Å². The fourth-order valence-electron chi connectivity index (χ4n) is 2.96. The van der Waals surface area contributed by atoms with Crippen LogP contribution in [0.4, 0.5) is 0 Å². The molecule has 7 nitrogen and oxygen atoms in total. The third-order valence-electron chi connectivity index (χ3n) is 4.66. The summed E-state index contributed by atoms with van der Waals surface area (Å²) in [6.07, 6.45) is 5.15. The molecule has 1 aliphatic carbocycles. The molecule has 0 radical (unpaired) electrons. The molecule has 4 rings (SSSR count). The summed E-state index contributed by atoms with van der Waals surface area (Å²) in [5, 5.41) is 3.49. The van der Waals surface area contributed by atoms with Gasteiger partial charge in [-0.15, -0.1) is 11.3 Å². The maximum absolute atomic E-state index is 12.4. The number of nitrogens with one attached hydrogen (secondary N) is 1. The highest BCUT2D eigenvalue weighted by atomic mass is 32.1. The van der Waals surface area contributed by atoms with Crippen molar-refractivity contribution < 1.29 is 14.4 Å². The van der Waals surface area contributed by atoms with E-state index in [-0.39, 0.29) is 11.9 Å². The molecular weight excluding hydrogens is 364 g/mol. The molecule has 2 aromatic rings. The van der Waals surface area contributed by atoms with Gasteiger partial charge in [-0.1, -0.05) is 12.1 Å². The molecule has 1 saturated heterocycles. The minimum absolute atomic E-state index is 0.108. The van der Waals surface area contributed by atoms with Crippen LogP contribution in [-0.2, 0) is 14.4 Å². The van der Waals surface area contributed by atoms with Gasteiger partial charge in [0, 0.05) is 38.3 Å². The summed E-state index contributed by atoms with van der Waals surface area (Å²) < 4.78 is 1.08. The van der Waals surface area contributed by atoms with E-state index in [0.717, 1.165) is 28.1 Å². The Morgan fingerprint density at radius 2 is 1.78 bits per heavy atom. The van der Waals surface area contributed by atoms with Crippen molar-refractivity contribution in [1.82, 2.24) is 20.1 Å². The predicted molar refractivity (Wildman–Crippen MR) is 103 cm³/mol. The van der Waals surface area contributed by atoms with Gasteiger partial charge in [0.15, 0.2) is 0 Å². The van der Waals surface area contributed by atoms with Gasteiger partial charge in [0.1, 0.15) is 5.01 Å². The van der Waals surface area contributed by atoms with Gasteiger partial charge >= 0.3 is 11.8 Å². The van der Waals surface area contributed by atoms with Crippen molar-refractivity contribution in [3.8, 4) is 0 Å². The van der Waals surface area contributed by atoms with Crippen molar-refractivity contribution in [3.63, 3.8) is 0 Å². The number of hydrogen-bond acceptors (Lipinski definition) is 5. The zero-order chi connectivity index (χ0) is 18.8. The van der Waals surface area contributed by atoms with Crippen LogP contribution in [-0.4, -0.2) is 64.7 Å². The quantitative estimate of drug-likeness (QED) is 0.638. The number of carbonyl (C=O) groups excluding carboxylic acids is 3. The van der Waals surface area contributed by atoms with Crippen molar-refractivity contribution in [2.75, 3.05) is 26.2 Å².